The molecule has 1 unspecified atom stereocenters. The van der Waals surface area contributed by atoms with Gasteiger partial charge >= 0.3 is 0 Å². The summed E-state index contributed by atoms with van der Waals surface area (Å²) in [6.07, 6.45) is 3.73. The maximum Gasteiger partial charge on any atom is 0.123 e. The molecule has 1 saturated heterocycles. The molecule has 1 heterocycles. The highest BCUT2D eigenvalue weighted by atomic mass is 31.0. The lowest BCUT2D eigenvalue weighted by atomic mass is 10.0. The molecule has 1 aromatic rings. The van der Waals surface area contributed by atoms with E-state index in [1.807, 2.05) is 0 Å². The Labute approximate surface area is 127 Å². The molecule has 0 N–H and O–H groups in total. The number of hydrogen-bond acceptors (Lipinski definition) is 3. The monoisotopic (exact) mass is 310 g/mol. The molecule has 2 rings (SSSR count). The van der Waals surface area contributed by atoms with Crippen molar-refractivity contribution in [3.05, 3.63) is 30.1 Å². The first-order chi connectivity index (χ1) is 10.3. The molecule has 1 fully saturated rings. The van der Waals surface area contributed by atoms with Crippen molar-refractivity contribution in [1.29, 1.82) is 0 Å². The fourth-order valence-corrected chi connectivity index (χ4v) is 2.26. The number of benzene rings is 1. The fourth-order valence-electron chi connectivity index (χ4n) is 2.14. The smallest absolute Gasteiger partial charge is 0.123 e. The van der Waals surface area contributed by atoms with Crippen molar-refractivity contribution in [2.75, 3.05) is 13.2 Å². The van der Waals surface area contributed by atoms with Gasteiger partial charge in [0.25, 0.3) is 0 Å². The van der Waals surface area contributed by atoms with Gasteiger partial charge in [-0.05, 0) is 43.5 Å². The van der Waals surface area contributed by atoms with E-state index >= 15 is 0 Å². The summed E-state index contributed by atoms with van der Waals surface area (Å²) in [4.78, 5) is 0. The molecule has 3 atom stereocenters. The van der Waals surface area contributed by atoms with E-state index in [-0.39, 0.29) is 18.0 Å². The van der Waals surface area contributed by atoms with E-state index in [4.69, 9.17) is 14.0 Å². The van der Waals surface area contributed by atoms with Crippen LogP contribution in [-0.4, -0.2) is 25.4 Å². The Morgan fingerprint density at radius 3 is 2.86 bits per heavy atom. The lowest BCUT2D eigenvalue weighted by Gasteiger charge is -2.27. The number of ether oxygens (including phenoxy) is 2. The van der Waals surface area contributed by atoms with E-state index in [0.29, 0.717) is 25.4 Å². The van der Waals surface area contributed by atoms with Crippen molar-refractivity contribution >= 4 is 9.47 Å². The van der Waals surface area contributed by atoms with Gasteiger partial charge in [0.05, 0.1) is 12.7 Å². The van der Waals surface area contributed by atoms with Crippen LogP contribution in [0.15, 0.2) is 24.3 Å². The average Bonchev–Trinajstić information content (AvgIpc) is 2.52. The summed E-state index contributed by atoms with van der Waals surface area (Å²) in [6.45, 7) is 1.08. The van der Waals surface area contributed by atoms with E-state index in [9.17, 15) is 4.39 Å². The number of hydrogen-bond donors (Lipinski definition) is 0. The molecule has 1 aromatic carbocycles. The molecule has 114 valence electrons. The molecule has 0 saturated carbocycles. The third-order valence-corrected chi connectivity index (χ3v) is 3.44. The second kappa shape index (κ2) is 9.00. The second-order valence-electron chi connectivity index (χ2n) is 4.88. The largest absolute Gasteiger partial charge is 0.491 e. The standard InChI is InChI=1S/C16H20FO3P/c17-13-7-9-14(10-8-13)18-12-16-6-3-5-15(20-16)4-1-2-11-19-21/h7-10,15-16H,2-3,5-6,11-12,21H2/t15-,16+/m1/s1. The van der Waals surface area contributed by atoms with Gasteiger partial charge in [0.15, 0.2) is 0 Å². The Morgan fingerprint density at radius 1 is 1.29 bits per heavy atom. The van der Waals surface area contributed by atoms with Gasteiger partial charge in [0.2, 0.25) is 0 Å². The zero-order chi connectivity index (χ0) is 14.9. The van der Waals surface area contributed by atoms with Crippen LogP contribution in [0.3, 0.4) is 0 Å². The highest BCUT2D eigenvalue weighted by Crippen LogP contribution is 2.20. The molecule has 1 aliphatic heterocycles. The maximum atomic E-state index is 12.8. The Kier molecular flexibility index (Phi) is 6.95. The van der Waals surface area contributed by atoms with Gasteiger partial charge in [0.1, 0.15) is 24.3 Å². The molecule has 0 bridgehead atoms. The third-order valence-electron chi connectivity index (χ3n) is 3.21. The van der Waals surface area contributed by atoms with E-state index in [0.717, 1.165) is 19.3 Å². The molecule has 0 aliphatic carbocycles. The Bertz CT molecular complexity index is 481. The van der Waals surface area contributed by atoms with Gasteiger partial charge < -0.3 is 14.0 Å². The molecule has 3 nitrogen and oxygen atoms in total. The first-order valence-corrected chi connectivity index (χ1v) is 7.59. The molecular formula is C16H20FO3P. The molecule has 0 amide bonds. The predicted molar refractivity (Wildman–Crippen MR) is 82.5 cm³/mol. The summed E-state index contributed by atoms with van der Waals surface area (Å²) in [6, 6.07) is 6.02. The zero-order valence-electron chi connectivity index (χ0n) is 11.9. The van der Waals surface area contributed by atoms with Crippen molar-refractivity contribution in [3.63, 3.8) is 0 Å². The normalized spacial score (nSPS) is 21.4. The lowest BCUT2D eigenvalue weighted by molar-refractivity contribution is -0.0419. The Morgan fingerprint density at radius 2 is 2.10 bits per heavy atom. The van der Waals surface area contributed by atoms with E-state index in [2.05, 4.69) is 21.3 Å². The van der Waals surface area contributed by atoms with Gasteiger partial charge in [-0.2, -0.15) is 0 Å². The third kappa shape index (κ3) is 6.01. The van der Waals surface area contributed by atoms with Crippen LogP contribution in [0.1, 0.15) is 25.7 Å². The second-order valence-corrected chi connectivity index (χ2v) is 5.22. The highest BCUT2D eigenvalue weighted by Gasteiger charge is 2.21. The summed E-state index contributed by atoms with van der Waals surface area (Å²) >= 11 is 0. The summed E-state index contributed by atoms with van der Waals surface area (Å²) in [5.74, 6) is 6.58. The van der Waals surface area contributed by atoms with Crippen molar-refractivity contribution in [2.45, 2.75) is 37.9 Å². The van der Waals surface area contributed by atoms with Gasteiger partial charge in [-0.1, -0.05) is 11.8 Å². The molecular weight excluding hydrogens is 290 g/mol. The van der Waals surface area contributed by atoms with Gasteiger partial charge in [0, 0.05) is 15.9 Å². The summed E-state index contributed by atoms with van der Waals surface area (Å²) in [5, 5.41) is 0. The number of rotatable bonds is 5. The van der Waals surface area contributed by atoms with Crippen molar-refractivity contribution in [1.82, 2.24) is 0 Å². The van der Waals surface area contributed by atoms with Crippen LogP contribution in [-0.2, 0) is 9.26 Å². The summed E-state index contributed by atoms with van der Waals surface area (Å²) in [7, 11) is 2.21. The maximum absolute atomic E-state index is 12.8. The van der Waals surface area contributed by atoms with Crippen LogP contribution in [0.5, 0.6) is 5.75 Å². The quantitative estimate of drug-likeness (QED) is 0.474. The van der Waals surface area contributed by atoms with Crippen LogP contribution in [0.4, 0.5) is 4.39 Å². The minimum Gasteiger partial charge on any atom is -0.491 e. The van der Waals surface area contributed by atoms with Gasteiger partial charge in [-0.15, -0.1) is 0 Å². The average molecular weight is 310 g/mol. The molecule has 5 heteroatoms. The molecule has 1 aliphatic rings. The van der Waals surface area contributed by atoms with Crippen molar-refractivity contribution in [3.8, 4) is 17.6 Å². The van der Waals surface area contributed by atoms with Crippen LogP contribution >= 0.6 is 9.47 Å². The van der Waals surface area contributed by atoms with Crippen LogP contribution in [0, 0.1) is 17.7 Å². The molecule has 0 radical (unpaired) electrons. The Hall–Kier alpha value is -1.14. The fraction of sp³-hybridized carbons (Fsp3) is 0.500. The first-order valence-electron chi connectivity index (χ1n) is 7.12. The SMILES string of the molecule is Fc1ccc(OC[C@@H]2CCC[C@@H](C#CCCOP)O2)cc1. The van der Waals surface area contributed by atoms with E-state index < -0.39 is 0 Å². The minimum atomic E-state index is -0.263. The van der Waals surface area contributed by atoms with E-state index in [1.54, 1.807) is 12.1 Å². The van der Waals surface area contributed by atoms with Crippen molar-refractivity contribution in [2.24, 2.45) is 0 Å². The van der Waals surface area contributed by atoms with Gasteiger partial charge in [-0.25, -0.2) is 4.39 Å². The highest BCUT2D eigenvalue weighted by molar-refractivity contribution is 7.09. The zero-order valence-corrected chi connectivity index (χ0v) is 13.0. The molecule has 0 aromatic heterocycles. The van der Waals surface area contributed by atoms with Crippen LogP contribution in [0.25, 0.3) is 0 Å². The predicted octanol–water partition coefficient (Wildman–Crippen LogP) is 3.34. The topological polar surface area (TPSA) is 27.7 Å². The first kappa shape index (κ1) is 16.2. The van der Waals surface area contributed by atoms with Gasteiger partial charge in [-0.3, -0.25) is 0 Å². The Balaban J connectivity index is 1.75. The van der Waals surface area contributed by atoms with E-state index in [1.165, 1.54) is 12.1 Å². The van der Waals surface area contributed by atoms with Crippen molar-refractivity contribution < 1.29 is 18.4 Å². The summed E-state index contributed by atoms with van der Waals surface area (Å²) in [5.41, 5.74) is 0. The lowest BCUT2D eigenvalue weighted by Crippen LogP contribution is -2.31. The minimum absolute atomic E-state index is 0.0231. The van der Waals surface area contributed by atoms with Crippen LogP contribution < -0.4 is 4.74 Å². The van der Waals surface area contributed by atoms with Crippen LogP contribution in [0.2, 0.25) is 0 Å². The number of halogens is 1. The summed E-state index contributed by atoms with van der Waals surface area (Å²) < 4.78 is 29.2. The molecule has 21 heavy (non-hydrogen) atoms. The molecule has 0 spiro atoms.